The molecule has 0 bridgehead atoms. The topological polar surface area (TPSA) is 30.5 Å². The van der Waals surface area contributed by atoms with Crippen LogP contribution in [0.1, 0.15) is 23.6 Å². The Morgan fingerprint density at radius 2 is 1.64 bits per heavy atom. The van der Waals surface area contributed by atoms with Crippen LogP contribution in [-0.4, -0.2) is 6.61 Å². The number of halogens is 2. The van der Waals surface area contributed by atoms with Gasteiger partial charge in [-0.3, -0.25) is 0 Å². The predicted molar refractivity (Wildman–Crippen MR) is 117 cm³/mol. The molecule has 3 aromatic carbocycles. The fourth-order valence-electron chi connectivity index (χ4n) is 2.77. The summed E-state index contributed by atoms with van der Waals surface area (Å²) in [4.78, 5) is 0. The number of ether oxygens (including phenoxy) is 2. The molecule has 0 saturated heterocycles. The maximum Gasteiger partial charge on any atom is 0.180 e. The van der Waals surface area contributed by atoms with Crippen molar-refractivity contribution in [2.45, 2.75) is 27.0 Å². The van der Waals surface area contributed by atoms with Gasteiger partial charge in [-0.2, -0.15) is 0 Å². The fourth-order valence-corrected chi connectivity index (χ4v) is 3.25. The van der Waals surface area contributed by atoms with Crippen LogP contribution in [-0.2, 0) is 13.2 Å². The zero-order chi connectivity index (χ0) is 19.9. The van der Waals surface area contributed by atoms with Gasteiger partial charge in [-0.15, -0.1) is 0 Å². The lowest BCUT2D eigenvalue weighted by Crippen LogP contribution is -2.04. The minimum atomic E-state index is 0.320. The first kappa shape index (κ1) is 20.4. The van der Waals surface area contributed by atoms with E-state index in [1.807, 2.05) is 43.3 Å². The largest absolute Gasteiger partial charge is 0.490 e. The van der Waals surface area contributed by atoms with Gasteiger partial charge in [0, 0.05) is 22.8 Å². The van der Waals surface area contributed by atoms with Crippen LogP contribution in [0.3, 0.4) is 0 Å². The molecule has 0 fully saturated rings. The molecule has 0 amide bonds. The Morgan fingerprint density at radius 1 is 0.893 bits per heavy atom. The SMILES string of the molecule is CCOc1cc(CNc2ccc(C)cc2)cc(Cl)c1OCc1ccccc1Cl. The normalized spacial score (nSPS) is 10.6. The highest BCUT2D eigenvalue weighted by Gasteiger charge is 2.14. The van der Waals surface area contributed by atoms with E-state index in [1.54, 1.807) is 0 Å². The zero-order valence-electron chi connectivity index (χ0n) is 16.0. The first-order valence-electron chi connectivity index (χ1n) is 9.18. The van der Waals surface area contributed by atoms with Crippen molar-refractivity contribution in [3.05, 3.63) is 87.4 Å². The minimum absolute atomic E-state index is 0.320. The van der Waals surface area contributed by atoms with Gasteiger partial charge < -0.3 is 14.8 Å². The number of aryl methyl sites for hydroxylation is 1. The number of nitrogens with one attached hydrogen (secondary N) is 1. The van der Waals surface area contributed by atoms with E-state index in [2.05, 4.69) is 36.5 Å². The number of hydrogen-bond acceptors (Lipinski definition) is 3. The van der Waals surface area contributed by atoms with E-state index in [4.69, 9.17) is 32.7 Å². The van der Waals surface area contributed by atoms with Gasteiger partial charge in [0.15, 0.2) is 11.5 Å². The standard InChI is InChI=1S/C23H23Cl2NO2/c1-3-27-22-13-17(14-26-19-10-8-16(2)9-11-19)12-21(25)23(22)28-15-18-6-4-5-7-20(18)24/h4-13,26H,3,14-15H2,1-2H3. The number of anilines is 1. The molecule has 146 valence electrons. The van der Waals surface area contributed by atoms with Crippen molar-refractivity contribution in [1.29, 1.82) is 0 Å². The van der Waals surface area contributed by atoms with Gasteiger partial charge in [-0.05, 0) is 49.7 Å². The number of rotatable bonds is 8. The number of benzene rings is 3. The quantitative estimate of drug-likeness (QED) is 0.434. The lowest BCUT2D eigenvalue weighted by Gasteiger charge is -2.16. The monoisotopic (exact) mass is 415 g/mol. The summed E-state index contributed by atoms with van der Waals surface area (Å²) in [5.74, 6) is 1.16. The summed E-state index contributed by atoms with van der Waals surface area (Å²) in [7, 11) is 0. The van der Waals surface area contributed by atoms with E-state index in [-0.39, 0.29) is 0 Å². The van der Waals surface area contributed by atoms with Crippen LogP contribution in [0, 0.1) is 6.92 Å². The number of hydrogen-bond donors (Lipinski definition) is 1. The summed E-state index contributed by atoms with van der Waals surface area (Å²) in [5.41, 5.74) is 4.19. The van der Waals surface area contributed by atoms with Gasteiger partial charge >= 0.3 is 0 Å². The fraction of sp³-hybridized carbons (Fsp3) is 0.217. The van der Waals surface area contributed by atoms with Gasteiger partial charge in [-0.25, -0.2) is 0 Å². The van der Waals surface area contributed by atoms with Crippen LogP contribution in [0.15, 0.2) is 60.7 Å². The van der Waals surface area contributed by atoms with E-state index in [0.717, 1.165) is 16.8 Å². The molecule has 0 heterocycles. The van der Waals surface area contributed by atoms with Crippen molar-refractivity contribution >= 4 is 28.9 Å². The molecule has 28 heavy (non-hydrogen) atoms. The summed E-state index contributed by atoms with van der Waals surface area (Å²) in [5, 5.41) is 4.57. The third-order valence-electron chi connectivity index (χ3n) is 4.25. The second kappa shape index (κ2) is 9.72. The average molecular weight is 416 g/mol. The van der Waals surface area contributed by atoms with Crippen molar-refractivity contribution in [1.82, 2.24) is 0 Å². The lowest BCUT2D eigenvalue weighted by atomic mass is 10.1. The Bertz CT molecular complexity index is 926. The molecule has 1 N–H and O–H groups in total. The molecule has 0 saturated carbocycles. The Labute approximate surface area is 176 Å². The van der Waals surface area contributed by atoms with Crippen molar-refractivity contribution in [3.8, 4) is 11.5 Å². The van der Waals surface area contributed by atoms with E-state index < -0.39 is 0 Å². The van der Waals surface area contributed by atoms with Crippen molar-refractivity contribution < 1.29 is 9.47 Å². The highest BCUT2D eigenvalue weighted by molar-refractivity contribution is 6.32. The summed E-state index contributed by atoms with van der Waals surface area (Å²) < 4.78 is 11.7. The van der Waals surface area contributed by atoms with Crippen LogP contribution in [0.25, 0.3) is 0 Å². The van der Waals surface area contributed by atoms with Gasteiger partial charge in [0.1, 0.15) is 6.61 Å². The lowest BCUT2D eigenvalue weighted by molar-refractivity contribution is 0.269. The van der Waals surface area contributed by atoms with E-state index in [1.165, 1.54) is 5.56 Å². The second-order valence-electron chi connectivity index (χ2n) is 6.44. The molecule has 0 radical (unpaired) electrons. The molecule has 0 aromatic heterocycles. The third-order valence-corrected chi connectivity index (χ3v) is 4.90. The molecule has 0 atom stereocenters. The third kappa shape index (κ3) is 5.34. The molecule has 0 spiro atoms. The highest BCUT2D eigenvalue weighted by atomic mass is 35.5. The summed E-state index contributed by atoms with van der Waals surface area (Å²) >= 11 is 12.7. The van der Waals surface area contributed by atoms with Crippen LogP contribution in [0.5, 0.6) is 11.5 Å². The summed E-state index contributed by atoms with van der Waals surface area (Å²) in [6.07, 6.45) is 0. The Kier molecular flexibility index (Phi) is 7.07. The Morgan fingerprint density at radius 3 is 2.36 bits per heavy atom. The average Bonchev–Trinajstić information content (AvgIpc) is 2.68. The Balaban J connectivity index is 1.75. The molecule has 3 rings (SSSR count). The summed E-state index contributed by atoms with van der Waals surface area (Å²) in [6.45, 7) is 5.48. The van der Waals surface area contributed by atoms with Gasteiger partial charge in [0.25, 0.3) is 0 Å². The molecule has 0 aliphatic carbocycles. The molecular formula is C23H23Cl2NO2. The van der Waals surface area contributed by atoms with Gasteiger partial charge in [0.2, 0.25) is 0 Å². The first-order valence-corrected chi connectivity index (χ1v) is 9.94. The van der Waals surface area contributed by atoms with Crippen molar-refractivity contribution in [2.75, 3.05) is 11.9 Å². The maximum absolute atomic E-state index is 6.51. The second-order valence-corrected chi connectivity index (χ2v) is 7.25. The van der Waals surface area contributed by atoms with E-state index in [0.29, 0.717) is 41.3 Å². The molecule has 0 unspecified atom stereocenters. The highest BCUT2D eigenvalue weighted by Crippen LogP contribution is 2.37. The van der Waals surface area contributed by atoms with Crippen LogP contribution in [0.4, 0.5) is 5.69 Å². The molecule has 3 aromatic rings. The minimum Gasteiger partial charge on any atom is -0.490 e. The molecule has 5 heteroatoms. The first-order chi connectivity index (χ1) is 13.6. The van der Waals surface area contributed by atoms with Crippen LogP contribution >= 0.6 is 23.2 Å². The molecule has 3 nitrogen and oxygen atoms in total. The van der Waals surface area contributed by atoms with Gasteiger partial charge in [-0.1, -0.05) is 59.1 Å². The maximum atomic E-state index is 6.51. The van der Waals surface area contributed by atoms with Crippen LogP contribution in [0.2, 0.25) is 10.0 Å². The molecule has 0 aliphatic heterocycles. The van der Waals surface area contributed by atoms with Crippen molar-refractivity contribution in [2.24, 2.45) is 0 Å². The predicted octanol–water partition coefficient (Wildman–Crippen LogP) is 6.89. The zero-order valence-corrected chi connectivity index (χ0v) is 17.5. The molecular weight excluding hydrogens is 393 g/mol. The van der Waals surface area contributed by atoms with Gasteiger partial charge in [0.05, 0.1) is 11.6 Å². The van der Waals surface area contributed by atoms with E-state index >= 15 is 0 Å². The van der Waals surface area contributed by atoms with Crippen molar-refractivity contribution in [3.63, 3.8) is 0 Å². The van der Waals surface area contributed by atoms with E-state index in [9.17, 15) is 0 Å². The smallest absolute Gasteiger partial charge is 0.180 e. The molecule has 0 aliphatic rings. The van der Waals surface area contributed by atoms with Crippen LogP contribution < -0.4 is 14.8 Å². The summed E-state index contributed by atoms with van der Waals surface area (Å²) in [6, 6.07) is 19.7. The Hall–Kier alpha value is -2.36.